The smallest absolute Gasteiger partial charge is 0.231 e. The number of hydrogen-bond donors (Lipinski definition) is 2. The zero-order chi connectivity index (χ0) is 21.6. The molecule has 2 aromatic rings. The van der Waals surface area contributed by atoms with Crippen molar-refractivity contribution in [2.24, 2.45) is 11.1 Å². The summed E-state index contributed by atoms with van der Waals surface area (Å²) in [5.74, 6) is 0.588. The Kier molecular flexibility index (Phi) is 7.21. The lowest BCUT2D eigenvalue weighted by atomic mass is 10.00. The maximum absolute atomic E-state index is 13.1. The third-order valence-corrected chi connectivity index (χ3v) is 6.25. The Morgan fingerprint density at radius 2 is 2.26 bits per heavy atom. The average molecular weight is 445 g/mol. The van der Waals surface area contributed by atoms with E-state index in [-0.39, 0.29) is 17.7 Å². The number of hydrogen-bond acceptors (Lipinski definition) is 7. The molecule has 2 heterocycles. The van der Waals surface area contributed by atoms with E-state index in [9.17, 15) is 9.00 Å². The summed E-state index contributed by atoms with van der Waals surface area (Å²) < 4.78 is 17.8. The summed E-state index contributed by atoms with van der Waals surface area (Å²) in [6, 6.07) is 1.90. The highest BCUT2D eigenvalue weighted by atomic mass is 32.2. The van der Waals surface area contributed by atoms with Crippen molar-refractivity contribution >= 4 is 22.9 Å². The molecule has 0 radical (unpaired) electrons. The number of nitrogens with zero attached hydrogens (tertiary/aromatic N) is 4. The number of nitrogens with one attached hydrogen (secondary N) is 1. The van der Waals surface area contributed by atoms with Gasteiger partial charge in [0, 0.05) is 18.4 Å². The van der Waals surface area contributed by atoms with E-state index in [4.69, 9.17) is 9.32 Å². The average Bonchev–Trinajstić information content (AvgIpc) is 3.42. The van der Waals surface area contributed by atoms with Crippen LogP contribution in [0.25, 0.3) is 0 Å². The van der Waals surface area contributed by atoms with Crippen molar-refractivity contribution in [2.75, 3.05) is 11.9 Å². The van der Waals surface area contributed by atoms with Gasteiger partial charge in [0.25, 0.3) is 0 Å². The predicted octanol–water partition coefficient (Wildman–Crippen LogP) is 2.54. The van der Waals surface area contributed by atoms with Gasteiger partial charge in [0.1, 0.15) is 17.8 Å². The number of carbonyl (C=O) groups excluding carboxylic acids is 1. The van der Waals surface area contributed by atoms with Crippen LogP contribution in [-0.2, 0) is 22.0 Å². The van der Waals surface area contributed by atoms with E-state index >= 15 is 0 Å². The van der Waals surface area contributed by atoms with Gasteiger partial charge in [0.15, 0.2) is 0 Å². The van der Waals surface area contributed by atoms with E-state index in [2.05, 4.69) is 26.5 Å². The zero-order valence-electron chi connectivity index (χ0n) is 17.4. The molecule has 0 aromatic carbocycles. The first-order valence-electron chi connectivity index (χ1n) is 10.7. The second-order valence-electron chi connectivity index (χ2n) is 8.19. The van der Waals surface area contributed by atoms with Gasteiger partial charge in [0.05, 0.1) is 18.7 Å². The summed E-state index contributed by atoms with van der Waals surface area (Å²) in [6.07, 6.45) is 14.5. The van der Waals surface area contributed by atoms with Crippen LogP contribution in [-0.4, -0.2) is 42.4 Å². The SMILES string of the molecule is NS(=O)OCC1CC[C@H](Nc2ncncc2C(=O)c2ccn(CC3=CCCCC3)n2)C1. The Morgan fingerprint density at radius 1 is 1.35 bits per heavy atom. The molecule has 1 fully saturated rings. The third kappa shape index (κ3) is 5.84. The summed E-state index contributed by atoms with van der Waals surface area (Å²) in [5, 5.41) is 13.0. The van der Waals surface area contributed by atoms with Crippen LogP contribution in [0, 0.1) is 5.92 Å². The third-order valence-electron chi connectivity index (χ3n) is 5.88. The molecular formula is C21H28N6O3S. The summed E-state index contributed by atoms with van der Waals surface area (Å²) in [6.45, 7) is 1.09. The first-order chi connectivity index (χ1) is 15.1. The van der Waals surface area contributed by atoms with E-state index in [0.29, 0.717) is 23.7 Å². The molecule has 10 heteroatoms. The molecule has 0 bridgehead atoms. The minimum Gasteiger partial charge on any atom is -0.367 e. The van der Waals surface area contributed by atoms with Crippen molar-refractivity contribution in [3.63, 3.8) is 0 Å². The molecule has 0 aliphatic heterocycles. The molecule has 2 aliphatic carbocycles. The quantitative estimate of drug-likeness (QED) is 0.450. The maximum Gasteiger partial charge on any atom is 0.231 e. The fourth-order valence-corrected chi connectivity index (χ4v) is 4.62. The molecule has 166 valence electrons. The van der Waals surface area contributed by atoms with E-state index < -0.39 is 11.3 Å². The van der Waals surface area contributed by atoms with E-state index in [1.54, 1.807) is 6.07 Å². The van der Waals surface area contributed by atoms with Gasteiger partial charge < -0.3 is 5.32 Å². The van der Waals surface area contributed by atoms with Crippen molar-refractivity contribution in [1.29, 1.82) is 0 Å². The number of rotatable bonds is 9. The maximum atomic E-state index is 13.1. The van der Waals surface area contributed by atoms with Gasteiger partial charge in [-0.1, -0.05) is 11.6 Å². The summed E-state index contributed by atoms with van der Waals surface area (Å²) >= 11 is -1.74. The van der Waals surface area contributed by atoms with Gasteiger partial charge >= 0.3 is 0 Å². The Hall–Kier alpha value is -2.43. The van der Waals surface area contributed by atoms with Gasteiger partial charge in [-0.15, -0.1) is 0 Å². The van der Waals surface area contributed by atoms with Gasteiger partial charge in [-0.25, -0.2) is 19.3 Å². The highest BCUT2D eigenvalue weighted by Gasteiger charge is 2.27. The largest absolute Gasteiger partial charge is 0.367 e. The van der Waals surface area contributed by atoms with Crippen LogP contribution in [0.5, 0.6) is 0 Å². The Labute approximate surface area is 184 Å². The van der Waals surface area contributed by atoms with Crippen molar-refractivity contribution in [1.82, 2.24) is 19.7 Å². The van der Waals surface area contributed by atoms with Crippen molar-refractivity contribution < 1.29 is 13.2 Å². The van der Waals surface area contributed by atoms with Crippen molar-refractivity contribution in [3.05, 3.63) is 47.7 Å². The molecule has 2 unspecified atom stereocenters. The lowest BCUT2D eigenvalue weighted by Gasteiger charge is -2.15. The molecule has 0 spiro atoms. The second-order valence-corrected chi connectivity index (χ2v) is 8.94. The summed E-state index contributed by atoms with van der Waals surface area (Å²) in [5.41, 5.74) is 2.17. The molecule has 1 saturated carbocycles. The van der Waals surface area contributed by atoms with Gasteiger partial charge in [0.2, 0.25) is 17.0 Å². The molecule has 3 N–H and O–H groups in total. The Bertz CT molecular complexity index is 976. The number of ketones is 1. The van der Waals surface area contributed by atoms with Gasteiger partial charge in [-0.05, 0) is 56.9 Å². The van der Waals surface area contributed by atoms with E-state index in [1.165, 1.54) is 30.9 Å². The number of allylic oxidation sites excluding steroid dienone is 2. The fourth-order valence-electron chi connectivity index (χ4n) is 4.29. The molecule has 3 atom stereocenters. The molecular weight excluding hydrogens is 416 g/mol. The normalized spacial score (nSPS) is 22.2. The molecule has 2 aliphatic rings. The number of aromatic nitrogens is 4. The summed E-state index contributed by atoms with van der Waals surface area (Å²) in [4.78, 5) is 21.5. The fraction of sp³-hybridized carbons (Fsp3) is 0.524. The van der Waals surface area contributed by atoms with E-state index in [1.807, 2.05) is 10.9 Å². The molecule has 0 amide bonds. The molecule has 9 nitrogen and oxygen atoms in total. The standard InChI is InChI=1S/C21H28N6O3S/c22-31(29)30-13-16-6-7-17(10-16)25-21-18(11-23-14-24-21)20(28)19-8-9-27(26-19)12-15-4-2-1-3-5-15/h4,8-9,11,14,16-17H,1-3,5-7,10,12-13,22H2,(H,23,24,25)/t16?,17-,31?/m0/s1. The van der Waals surface area contributed by atoms with E-state index in [0.717, 1.165) is 38.6 Å². The van der Waals surface area contributed by atoms with Crippen LogP contribution in [0.4, 0.5) is 5.82 Å². The van der Waals surface area contributed by atoms with Gasteiger partial charge in [-0.3, -0.25) is 13.7 Å². The lowest BCUT2D eigenvalue weighted by molar-refractivity contribution is 0.103. The zero-order valence-corrected chi connectivity index (χ0v) is 18.2. The molecule has 4 rings (SSSR count). The predicted molar refractivity (Wildman–Crippen MR) is 117 cm³/mol. The molecule has 31 heavy (non-hydrogen) atoms. The number of carbonyl (C=O) groups is 1. The van der Waals surface area contributed by atoms with Gasteiger partial charge in [-0.2, -0.15) is 5.10 Å². The molecule has 2 aromatic heterocycles. The monoisotopic (exact) mass is 444 g/mol. The minimum absolute atomic E-state index is 0.150. The van der Waals surface area contributed by atoms with Crippen molar-refractivity contribution in [2.45, 2.75) is 57.5 Å². The lowest BCUT2D eigenvalue weighted by Crippen LogP contribution is -2.21. The molecule has 0 saturated heterocycles. The highest BCUT2D eigenvalue weighted by molar-refractivity contribution is 7.77. The van der Waals surface area contributed by atoms with Crippen LogP contribution < -0.4 is 10.5 Å². The minimum atomic E-state index is -1.74. The van der Waals surface area contributed by atoms with Crippen LogP contribution in [0.3, 0.4) is 0 Å². The van der Waals surface area contributed by atoms with Crippen LogP contribution in [0.2, 0.25) is 0 Å². The van der Waals surface area contributed by atoms with Crippen LogP contribution in [0.1, 0.15) is 61.0 Å². The number of nitrogens with two attached hydrogens (primary N) is 1. The first kappa shape index (κ1) is 21.8. The topological polar surface area (TPSA) is 125 Å². The number of anilines is 1. The second kappa shape index (κ2) is 10.3. The Morgan fingerprint density at radius 3 is 3.06 bits per heavy atom. The van der Waals surface area contributed by atoms with Crippen LogP contribution in [0.15, 0.2) is 36.4 Å². The Balaban J connectivity index is 1.41. The van der Waals surface area contributed by atoms with Crippen molar-refractivity contribution in [3.8, 4) is 0 Å². The summed E-state index contributed by atoms with van der Waals surface area (Å²) in [7, 11) is 0. The highest BCUT2D eigenvalue weighted by Crippen LogP contribution is 2.29. The van der Waals surface area contributed by atoms with Crippen LogP contribution >= 0.6 is 0 Å². The first-order valence-corrected chi connectivity index (χ1v) is 11.8.